The van der Waals surface area contributed by atoms with Crippen LogP contribution in [-0.2, 0) is 0 Å². The lowest BCUT2D eigenvalue weighted by Gasteiger charge is -2.16. The molecule has 18 heavy (non-hydrogen) atoms. The molecule has 0 saturated carbocycles. The van der Waals surface area contributed by atoms with Crippen molar-refractivity contribution in [1.29, 1.82) is 0 Å². The van der Waals surface area contributed by atoms with Crippen LogP contribution < -0.4 is 4.74 Å². The highest BCUT2D eigenvalue weighted by Gasteiger charge is 1.98. The van der Waals surface area contributed by atoms with Crippen LogP contribution in [0.4, 0.5) is 0 Å². The van der Waals surface area contributed by atoms with Crippen molar-refractivity contribution in [2.75, 3.05) is 32.6 Å². The number of ether oxygens (including phenoxy) is 1. The second kappa shape index (κ2) is 10.2. The Morgan fingerprint density at radius 3 is 2.44 bits per heavy atom. The molecule has 0 bridgehead atoms. The summed E-state index contributed by atoms with van der Waals surface area (Å²) in [7, 11) is 2.17. The molecular weight excluding hydrogens is 246 g/mol. The van der Waals surface area contributed by atoms with Crippen molar-refractivity contribution in [3.63, 3.8) is 0 Å². The van der Waals surface area contributed by atoms with Gasteiger partial charge in [-0.25, -0.2) is 0 Å². The highest BCUT2D eigenvalue weighted by molar-refractivity contribution is 6.17. The Hall–Kier alpha value is -0.730. The summed E-state index contributed by atoms with van der Waals surface area (Å²) in [5.74, 6) is 1.75. The minimum atomic E-state index is 0.786. The van der Waals surface area contributed by atoms with Gasteiger partial charge in [-0.05, 0) is 45.0 Å². The summed E-state index contributed by atoms with van der Waals surface area (Å²) in [6.07, 6.45) is 4.67. The molecule has 0 saturated heterocycles. The maximum Gasteiger partial charge on any atom is 0.119 e. The molecule has 1 rings (SSSR count). The summed E-state index contributed by atoms with van der Waals surface area (Å²) in [5.41, 5.74) is 0. The first-order valence-corrected chi connectivity index (χ1v) is 7.28. The predicted octanol–water partition coefficient (Wildman–Crippen LogP) is 3.80. The van der Waals surface area contributed by atoms with E-state index in [0.29, 0.717) is 0 Å². The van der Waals surface area contributed by atoms with Gasteiger partial charge in [0.25, 0.3) is 0 Å². The van der Waals surface area contributed by atoms with Crippen molar-refractivity contribution in [3.8, 4) is 5.75 Å². The zero-order valence-corrected chi connectivity index (χ0v) is 12.0. The van der Waals surface area contributed by atoms with Gasteiger partial charge in [-0.3, -0.25) is 0 Å². The topological polar surface area (TPSA) is 12.5 Å². The Bertz CT molecular complexity index is 292. The van der Waals surface area contributed by atoms with Crippen molar-refractivity contribution >= 4 is 11.6 Å². The lowest BCUT2D eigenvalue weighted by atomic mass is 10.2. The lowest BCUT2D eigenvalue weighted by molar-refractivity contribution is 0.260. The van der Waals surface area contributed by atoms with E-state index >= 15 is 0 Å². The first kappa shape index (κ1) is 15.3. The van der Waals surface area contributed by atoms with E-state index in [4.69, 9.17) is 16.3 Å². The molecule has 0 fully saturated rings. The van der Waals surface area contributed by atoms with Gasteiger partial charge in [0.2, 0.25) is 0 Å². The summed E-state index contributed by atoms with van der Waals surface area (Å²) in [4.78, 5) is 2.36. The molecule has 0 aliphatic rings. The average Bonchev–Trinajstić information content (AvgIpc) is 2.41. The molecule has 3 heteroatoms. The largest absolute Gasteiger partial charge is 0.494 e. The molecule has 0 radical (unpaired) electrons. The quantitative estimate of drug-likeness (QED) is 0.473. The monoisotopic (exact) mass is 269 g/mol. The Morgan fingerprint density at radius 1 is 1.00 bits per heavy atom. The van der Waals surface area contributed by atoms with Crippen molar-refractivity contribution in [2.24, 2.45) is 0 Å². The number of alkyl halides is 1. The Kier molecular flexibility index (Phi) is 8.70. The van der Waals surface area contributed by atoms with Crippen LogP contribution in [-0.4, -0.2) is 37.5 Å². The fourth-order valence-corrected chi connectivity index (χ4v) is 1.99. The van der Waals surface area contributed by atoms with Crippen LogP contribution >= 0.6 is 11.6 Å². The van der Waals surface area contributed by atoms with Crippen LogP contribution in [0.2, 0.25) is 0 Å². The van der Waals surface area contributed by atoms with Gasteiger partial charge in [-0.1, -0.05) is 24.6 Å². The van der Waals surface area contributed by atoms with Crippen LogP contribution in [0.25, 0.3) is 0 Å². The molecule has 1 aromatic rings. The number of halogens is 1. The molecule has 0 unspecified atom stereocenters. The Morgan fingerprint density at radius 2 is 1.72 bits per heavy atom. The summed E-state index contributed by atoms with van der Waals surface area (Å²) in [5, 5.41) is 0. The Balaban J connectivity index is 1.97. The molecule has 1 aromatic carbocycles. The standard InChI is InChI=1S/C15H24ClNO/c1-17(12-7-3-6-11-16)13-8-14-18-15-9-4-2-5-10-15/h2,4-5,9-10H,3,6-8,11-14H2,1H3. The maximum atomic E-state index is 5.66. The smallest absolute Gasteiger partial charge is 0.119 e. The second-order valence-electron chi connectivity index (χ2n) is 4.57. The molecule has 0 N–H and O–H groups in total. The summed E-state index contributed by atoms with van der Waals surface area (Å²) in [6, 6.07) is 9.99. The number of unbranched alkanes of at least 4 members (excludes halogenated alkanes) is 2. The number of nitrogens with zero attached hydrogens (tertiary/aromatic N) is 1. The van der Waals surface area contributed by atoms with Crippen LogP contribution in [0.3, 0.4) is 0 Å². The van der Waals surface area contributed by atoms with Gasteiger partial charge in [-0.15, -0.1) is 11.6 Å². The van der Waals surface area contributed by atoms with Gasteiger partial charge in [0.05, 0.1) is 6.61 Å². The van der Waals surface area contributed by atoms with Crippen molar-refractivity contribution in [3.05, 3.63) is 30.3 Å². The van der Waals surface area contributed by atoms with E-state index < -0.39 is 0 Å². The third-order valence-corrected chi connectivity index (χ3v) is 3.14. The normalized spacial score (nSPS) is 10.8. The molecule has 0 heterocycles. The molecule has 0 aliphatic carbocycles. The zero-order valence-electron chi connectivity index (χ0n) is 11.3. The molecule has 0 atom stereocenters. The van der Waals surface area contributed by atoms with Gasteiger partial charge < -0.3 is 9.64 Å². The predicted molar refractivity (Wildman–Crippen MR) is 78.6 cm³/mol. The number of para-hydroxylation sites is 1. The van der Waals surface area contributed by atoms with Gasteiger partial charge >= 0.3 is 0 Å². The van der Waals surface area contributed by atoms with Crippen LogP contribution in [0.15, 0.2) is 30.3 Å². The van der Waals surface area contributed by atoms with Crippen molar-refractivity contribution in [1.82, 2.24) is 4.90 Å². The molecule has 0 aromatic heterocycles. The highest BCUT2D eigenvalue weighted by Crippen LogP contribution is 2.08. The first-order chi connectivity index (χ1) is 8.83. The number of hydrogen-bond acceptors (Lipinski definition) is 2. The second-order valence-corrected chi connectivity index (χ2v) is 4.95. The summed E-state index contributed by atoms with van der Waals surface area (Å²) >= 11 is 5.65. The fraction of sp³-hybridized carbons (Fsp3) is 0.600. The van der Waals surface area contributed by atoms with E-state index in [2.05, 4.69) is 11.9 Å². The highest BCUT2D eigenvalue weighted by atomic mass is 35.5. The van der Waals surface area contributed by atoms with Crippen molar-refractivity contribution < 1.29 is 4.74 Å². The van der Waals surface area contributed by atoms with E-state index in [-0.39, 0.29) is 0 Å². The molecular formula is C15H24ClNO. The van der Waals surface area contributed by atoms with Gasteiger partial charge in [0.1, 0.15) is 5.75 Å². The van der Waals surface area contributed by atoms with E-state index in [0.717, 1.165) is 44.2 Å². The van der Waals surface area contributed by atoms with Gasteiger partial charge in [0.15, 0.2) is 0 Å². The summed E-state index contributed by atoms with van der Waals surface area (Å²) < 4.78 is 5.66. The van der Waals surface area contributed by atoms with Crippen LogP contribution in [0.1, 0.15) is 25.7 Å². The van der Waals surface area contributed by atoms with E-state index in [1.165, 1.54) is 12.8 Å². The Labute approximate surface area is 116 Å². The van der Waals surface area contributed by atoms with E-state index in [1.54, 1.807) is 0 Å². The molecule has 102 valence electrons. The van der Waals surface area contributed by atoms with E-state index in [1.807, 2.05) is 30.3 Å². The third kappa shape index (κ3) is 7.57. The first-order valence-electron chi connectivity index (χ1n) is 6.75. The zero-order chi connectivity index (χ0) is 13.1. The molecule has 0 amide bonds. The van der Waals surface area contributed by atoms with Gasteiger partial charge in [0, 0.05) is 12.4 Å². The number of benzene rings is 1. The molecule has 0 spiro atoms. The number of rotatable bonds is 10. The molecule has 0 aliphatic heterocycles. The minimum absolute atomic E-state index is 0.786. The summed E-state index contributed by atoms with van der Waals surface area (Å²) in [6.45, 7) is 3.03. The maximum absolute atomic E-state index is 5.66. The van der Waals surface area contributed by atoms with Crippen LogP contribution in [0.5, 0.6) is 5.75 Å². The number of hydrogen-bond donors (Lipinski definition) is 0. The minimum Gasteiger partial charge on any atom is -0.494 e. The lowest BCUT2D eigenvalue weighted by Crippen LogP contribution is -2.22. The molecule has 2 nitrogen and oxygen atoms in total. The van der Waals surface area contributed by atoms with Crippen molar-refractivity contribution in [2.45, 2.75) is 25.7 Å². The van der Waals surface area contributed by atoms with E-state index in [9.17, 15) is 0 Å². The SMILES string of the molecule is CN(CCCCCCl)CCCOc1ccccc1. The van der Waals surface area contributed by atoms with Gasteiger partial charge in [-0.2, -0.15) is 0 Å². The third-order valence-electron chi connectivity index (χ3n) is 2.87. The van der Waals surface area contributed by atoms with Crippen LogP contribution in [0, 0.1) is 0 Å². The average molecular weight is 270 g/mol. The fourth-order valence-electron chi connectivity index (χ4n) is 1.81.